The third-order valence-electron chi connectivity index (χ3n) is 2.57. The van der Waals surface area contributed by atoms with E-state index < -0.39 is 0 Å². The molecule has 6 heteroatoms. The summed E-state index contributed by atoms with van der Waals surface area (Å²) in [6.45, 7) is 2.53. The van der Waals surface area contributed by atoms with Gasteiger partial charge in [0.15, 0.2) is 0 Å². The van der Waals surface area contributed by atoms with Crippen molar-refractivity contribution in [1.29, 1.82) is 0 Å². The molecule has 1 aliphatic rings. The van der Waals surface area contributed by atoms with Crippen LogP contribution in [0.15, 0.2) is 0 Å². The Balaban J connectivity index is 2.50. The smallest absolute Gasteiger partial charge is 0.243 e. The molecule has 1 fully saturated rings. The zero-order chi connectivity index (χ0) is 13.5. The number of nitrogens with one attached hydrogen (secondary N) is 1. The molecule has 1 rings (SSSR count). The first-order chi connectivity index (χ1) is 8.58. The van der Waals surface area contributed by atoms with Crippen molar-refractivity contribution in [2.45, 2.75) is 13.3 Å². The topological polar surface area (TPSA) is 69.7 Å². The molecule has 0 spiro atoms. The summed E-state index contributed by atoms with van der Waals surface area (Å²) in [5.41, 5.74) is 0. The van der Waals surface area contributed by atoms with Crippen molar-refractivity contribution in [3.05, 3.63) is 0 Å². The van der Waals surface area contributed by atoms with Crippen LogP contribution >= 0.6 is 0 Å². The van der Waals surface area contributed by atoms with E-state index >= 15 is 0 Å². The molecule has 1 saturated heterocycles. The Hall–Kier alpha value is -2.03. The SMILES string of the molecule is C#CCNC(=O)CN1CC(=O)N(CCC)CC1=O. The van der Waals surface area contributed by atoms with Crippen molar-refractivity contribution in [3.63, 3.8) is 0 Å². The van der Waals surface area contributed by atoms with Gasteiger partial charge in [0.25, 0.3) is 0 Å². The summed E-state index contributed by atoms with van der Waals surface area (Å²) in [5.74, 6) is 1.59. The number of nitrogens with zero attached hydrogens (tertiary/aromatic N) is 2. The maximum atomic E-state index is 11.7. The number of hydrogen-bond donors (Lipinski definition) is 1. The highest BCUT2D eigenvalue weighted by molar-refractivity contribution is 5.95. The average Bonchev–Trinajstić information content (AvgIpc) is 2.33. The highest BCUT2D eigenvalue weighted by Gasteiger charge is 2.30. The van der Waals surface area contributed by atoms with Crippen LogP contribution < -0.4 is 5.32 Å². The van der Waals surface area contributed by atoms with E-state index in [9.17, 15) is 14.4 Å². The minimum Gasteiger partial charge on any atom is -0.344 e. The van der Waals surface area contributed by atoms with Gasteiger partial charge in [0.1, 0.15) is 13.1 Å². The Morgan fingerprint density at radius 2 is 1.94 bits per heavy atom. The van der Waals surface area contributed by atoms with Crippen LogP contribution in [-0.2, 0) is 14.4 Å². The van der Waals surface area contributed by atoms with E-state index in [-0.39, 0.29) is 43.9 Å². The normalized spacial score (nSPS) is 15.6. The molecule has 3 amide bonds. The van der Waals surface area contributed by atoms with Gasteiger partial charge in [-0.3, -0.25) is 14.4 Å². The van der Waals surface area contributed by atoms with Gasteiger partial charge >= 0.3 is 0 Å². The van der Waals surface area contributed by atoms with Gasteiger partial charge in [0.2, 0.25) is 17.7 Å². The van der Waals surface area contributed by atoms with Crippen LogP contribution in [0.5, 0.6) is 0 Å². The van der Waals surface area contributed by atoms with E-state index in [2.05, 4.69) is 11.2 Å². The van der Waals surface area contributed by atoms with Crippen LogP contribution in [0.4, 0.5) is 0 Å². The van der Waals surface area contributed by atoms with Gasteiger partial charge in [-0.25, -0.2) is 0 Å². The molecule has 0 unspecified atom stereocenters. The van der Waals surface area contributed by atoms with Crippen LogP contribution in [0, 0.1) is 12.3 Å². The maximum absolute atomic E-state index is 11.7. The Morgan fingerprint density at radius 3 is 2.56 bits per heavy atom. The molecule has 1 aliphatic heterocycles. The second-order valence-corrected chi connectivity index (χ2v) is 4.05. The van der Waals surface area contributed by atoms with Crippen molar-refractivity contribution in [1.82, 2.24) is 15.1 Å². The van der Waals surface area contributed by atoms with Crippen LogP contribution in [0.2, 0.25) is 0 Å². The molecular weight excluding hydrogens is 234 g/mol. The highest BCUT2D eigenvalue weighted by atomic mass is 16.2. The molecule has 98 valence electrons. The van der Waals surface area contributed by atoms with Gasteiger partial charge in [-0.15, -0.1) is 6.42 Å². The third-order valence-corrected chi connectivity index (χ3v) is 2.57. The fourth-order valence-corrected chi connectivity index (χ4v) is 1.70. The van der Waals surface area contributed by atoms with Crippen LogP contribution in [0.1, 0.15) is 13.3 Å². The van der Waals surface area contributed by atoms with Crippen LogP contribution in [-0.4, -0.2) is 60.2 Å². The fraction of sp³-hybridized carbons (Fsp3) is 0.583. The zero-order valence-corrected chi connectivity index (χ0v) is 10.4. The largest absolute Gasteiger partial charge is 0.344 e. The Morgan fingerprint density at radius 1 is 1.33 bits per heavy atom. The molecule has 0 aromatic carbocycles. The number of piperazine rings is 1. The molecule has 0 aromatic heterocycles. The van der Waals surface area contributed by atoms with Gasteiger partial charge < -0.3 is 15.1 Å². The third kappa shape index (κ3) is 3.77. The molecular formula is C12H17N3O3. The molecule has 0 saturated carbocycles. The summed E-state index contributed by atoms with van der Waals surface area (Å²) in [6.07, 6.45) is 5.81. The van der Waals surface area contributed by atoms with Gasteiger partial charge in [0, 0.05) is 6.54 Å². The first-order valence-electron chi connectivity index (χ1n) is 5.84. The number of carbonyl (C=O) groups excluding carboxylic acids is 3. The average molecular weight is 251 g/mol. The Bertz CT molecular complexity index is 387. The lowest BCUT2D eigenvalue weighted by Gasteiger charge is -2.33. The summed E-state index contributed by atoms with van der Waals surface area (Å²) in [5, 5.41) is 2.46. The fourth-order valence-electron chi connectivity index (χ4n) is 1.70. The minimum absolute atomic E-state index is 0.0394. The van der Waals surface area contributed by atoms with Crippen molar-refractivity contribution in [2.75, 3.05) is 32.7 Å². The quantitative estimate of drug-likeness (QED) is 0.625. The number of hydrogen-bond acceptors (Lipinski definition) is 3. The molecule has 6 nitrogen and oxygen atoms in total. The van der Waals surface area contributed by atoms with Crippen LogP contribution in [0.25, 0.3) is 0 Å². The van der Waals surface area contributed by atoms with Crippen molar-refractivity contribution in [2.24, 2.45) is 0 Å². The zero-order valence-electron chi connectivity index (χ0n) is 10.4. The monoisotopic (exact) mass is 251 g/mol. The molecule has 0 radical (unpaired) electrons. The first kappa shape index (κ1) is 14.0. The highest BCUT2D eigenvalue weighted by Crippen LogP contribution is 2.05. The number of carbonyl (C=O) groups is 3. The second-order valence-electron chi connectivity index (χ2n) is 4.05. The lowest BCUT2D eigenvalue weighted by molar-refractivity contribution is -0.151. The summed E-state index contributed by atoms with van der Waals surface area (Å²) in [7, 11) is 0. The van der Waals surface area contributed by atoms with E-state index in [0.29, 0.717) is 6.54 Å². The van der Waals surface area contributed by atoms with E-state index in [1.807, 2.05) is 6.92 Å². The van der Waals surface area contributed by atoms with Crippen LogP contribution in [0.3, 0.4) is 0 Å². The van der Waals surface area contributed by atoms with Gasteiger partial charge in [-0.05, 0) is 6.42 Å². The Kier molecular flexibility index (Phi) is 5.18. The van der Waals surface area contributed by atoms with E-state index in [1.165, 1.54) is 9.80 Å². The van der Waals surface area contributed by atoms with Crippen molar-refractivity contribution < 1.29 is 14.4 Å². The molecule has 0 atom stereocenters. The van der Waals surface area contributed by atoms with E-state index in [0.717, 1.165) is 6.42 Å². The summed E-state index contributed by atoms with van der Waals surface area (Å²) in [4.78, 5) is 37.6. The number of terminal acetylenes is 1. The van der Waals surface area contributed by atoms with E-state index in [1.54, 1.807) is 0 Å². The molecule has 1 N–H and O–H groups in total. The van der Waals surface area contributed by atoms with Crippen molar-refractivity contribution >= 4 is 17.7 Å². The number of amides is 3. The lowest BCUT2D eigenvalue weighted by Crippen LogP contribution is -2.55. The summed E-state index contributed by atoms with van der Waals surface area (Å²) < 4.78 is 0. The minimum atomic E-state index is -0.349. The standard InChI is InChI=1S/C12H17N3O3/c1-3-5-13-10(16)7-15-9-11(17)14(6-4-2)8-12(15)18/h1H,4-9H2,2H3,(H,13,16). The number of rotatable bonds is 5. The van der Waals surface area contributed by atoms with E-state index in [4.69, 9.17) is 6.42 Å². The predicted octanol–water partition coefficient (Wildman–Crippen LogP) is -1.18. The second kappa shape index (κ2) is 6.64. The Labute approximate surface area is 106 Å². The van der Waals surface area contributed by atoms with Crippen molar-refractivity contribution in [3.8, 4) is 12.3 Å². The predicted molar refractivity (Wildman–Crippen MR) is 65.3 cm³/mol. The van der Waals surface area contributed by atoms with Gasteiger partial charge in [0.05, 0.1) is 13.1 Å². The molecule has 0 aliphatic carbocycles. The summed E-state index contributed by atoms with van der Waals surface area (Å²) in [6, 6.07) is 0. The maximum Gasteiger partial charge on any atom is 0.243 e. The van der Waals surface area contributed by atoms with Gasteiger partial charge in [-0.2, -0.15) is 0 Å². The lowest BCUT2D eigenvalue weighted by atomic mass is 10.2. The molecule has 1 heterocycles. The molecule has 18 heavy (non-hydrogen) atoms. The molecule has 0 aromatic rings. The van der Waals surface area contributed by atoms with Gasteiger partial charge in [-0.1, -0.05) is 12.8 Å². The molecule has 0 bridgehead atoms. The summed E-state index contributed by atoms with van der Waals surface area (Å²) >= 11 is 0. The first-order valence-corrected chi connectivity index (χ1v) is 5.84.